The number of rotatable bonds is 18. The Morgan fingerprint density at radius 3 is 1.80 bits per heavy atom. The number of amides is 2. The minimum atomic E-state index is -0.638. The van der Waals surface area contributed by atoms with E-state index in [-0.39, 0.29) is 36.7 Å². The maximum absolute atomic E-state index is 12.2. The molecule has 2 amide bonds. The van der Waals surface area contributed by atoms with Crippen LogP contribution < -0.4 is 15.4 Å². The van der Waals surface area contributed by atoms with Crippen LogP contribution in [0.3, 0.4) is 0 Å². The van der Waals surface area contributed by atoms with Crippen LogP contribution in [0.15, 0.2) is 24.3 Å². The molecule has 2 bridgehead atoms. The van der Waals surface area contributed by atoms with E-state index in [2.05, 4.69) is 27.8 Å². The highest BCUT2D eigenvalue weighted by molar-refractivity contribution is 5.86. The zero-order chi connectivity index (χ0) is 28.6. The molecule has 40 heavy (non-hydrogen) atoms. The molecule has 1 aromatic rings. The zero-order valence-electron chi connectivity index (χ0n) is 24.0. The summed E-state index contributed by atoms with van der Waals surface area (Å²) in [6.45, 7) is 4.94. The fourth-order valence-electron chi connectivity index (χ4n) is 5.22. The number of unbranched alkanes of at least 4 members (excludes halogenated alkanes) is 8. The lowest BCUT2D eigenvalue weighted by Gasteiger charge is -2.16. The topological polar surface area (TPSA) is 125 Å². The standard InChI is InChI=1S/C30H45N3O7/c1-3-37-29(35)32-26-20-24(21-27(31-26)33-30(36)38-4-2)39-16-12-10-8-6-5-7-9-11-13-17-40-28(34)25-19-22-14-15-23(25)18-22/h14-15,20-23,25H,3-13,16-19H2,1-2H3,(H2,31,32,33,35,36). The largest absolute Gasteiger partial charge is 0.493 e. The number of esters is 1. The number of ether oxygens (including phenoxy) is 4. The highest BCUT2D eigenvalue weighted by atomic mass is 16.6. The Bertz CT molecular complexity index is 946. The Labute approximate surface area is 237 Å². The summed E-state index contributed by atoms with van der Waals surface area (Å²) in [6.07, 6.45) is 15.2. The average molecular weight is 560 g/mol. The third-order valence-electron chi connectivity index (χ3n) is 7.19. The van der Waals surface area contributed by atoms with Crippen LogP contribution in [0.2, 0.25) is 0 Å². The number of pyridine rings is 1. The van der Waals surface area contributed by atoms with Gasteiger partial charge in [-0.3, -0.25) is 15.4 Å². The van der Waals surface area contributed by atoms with Gasteiger partial charge < -0.3 is 18.9 Å². The number of allylic oxidation sites excluding steroid dienone is 2. The van der Waals surface area contributed by atoms with Crippen molar-refractivity contribution in [2.45, 2.75) is 84.5 Å². The molecular weight excluding hydrogens is 514 g/mol. The van der Waals surface area contributed by atoms with E-state index in [0.717, 1.165) is 44.9 Å². The van der Waals surface area contributed by atoms with Gasteiger partial charge in [-0.1, -0.05) is 57.1 Å². The summed E-state index contributed by atoms with van der Waals surface area (Å²) in [5.41, 5.74) is 0. The van der Waals surface area contributed by atoms with Crippen molar-refractivity contribution >= 4 is 29.8 Å². The van der Waals surface area contributed by atoms with Crippen molar-refractivity contribution in [3.63, 3.8) is 0 Å². The molecule has 0 saturated heterocycles. The summed E-state index contributed by atoms with van der Waals surface area (Å²) in [5, 5.41) is 5.06. The smallest absolute Gasteiger partial charge is 0.412 e. The van der Waals surface area contributed by atoms with E-state index >= 15 is 0 Å². The maximum atomic E-state index is 12.2. The molecule has 222 valence electrons. The summed E-state index contributed by atoms with van der Waals surface area (Å²) >= 11 is 0. The van der Waals surface area contributed by atoms with Crippen LogP contribution in [0.1, 0.15) is 84.5 Å². The lowest BCUT2D eigenvalue weighted by molar-refractivity contribution is -0.149. The monoisotopic (exact) mass is 559 g/mol. The number of nitrogens with one attached hydrogen (secondary N) is 2. The van der Waals surface area contributed by atoms with Crippen LogP contribution in [0.5, 0.6) is 5.75 Å². The molecule has 1 fully saturated rings. The lowest BCUT2D eigenvalue weighted by Crippen LogP contribution is -2.21. The number of carbonyl (C=O) groups is 3. The zero-order valence-corrected chi connectivity index (χ0v) is 24.0. The van der Waals surface area contributed by atoms with Gasteiger partial charge in [-0.2, -0.15) is 0 Å². The number of aromatic nitrogens is 1. The second-order valence-electron chi connectivity index (χ2n) is 10.3. The summed E-state index contributed by atoms with van der Waals surface area (Å²) in [4.78, 5) is 40.0. The minimum Gasteiger partial charge on any atom is -0.493 e. The van der Waals surface area contributed by atoms with Gasteiger partial charge in [0.25, 0.3) is 0 Å². The third-order valence-corrected chi connectivity index (χ3v) is 7.19. The first-order chi connectivity index (χ1) is 19.5. The normalized spacial score (nSPS) is 18.8. The number of anilines is 2. The molecular formula is C30H45N3O7. The SMILES string of the molecule is CCOC(=O)Nc1cc(OCCCCCCCCCCCOC(=O)C2CC3C=CC2C3)cc(NC(=O)OCC)n1. The van der Waals surface area contributed by atoms with Gasteiger partial charge in [0.15, 0.2) is 0 Å². The molecule has 1 heterocycles. The van der Waals surface area contributed by atoms with E-state index in [0.29, 0.717) is 30.8 Å². The average Bonchev–Trinajstić information content (AvgIpc) is 3.55. The van der Waals surface area contributed by atoms with Crippen molar-refractivity contribution in [2.75, 3.05) is 37.1 Å². The number of fused-ring (bicyclic) bond motifs is 2. The Balaban J connectivity index is 1.21. The van der Waals surface area contributed by atoms with Gasteiger partial charge in [0.2, 0.25) is 0 Å². The molecule has 3 atom stereocenters. The quantitative estimate of drug-likeness (QED) is 0.0864. The van der Waals surface area contributed by atoms with E-state index in [1.165, 1.54) is 25.7 Å². The molecule has 3 rings (SSSR count). The summed E-state index contributed by atoms with van der Waals surface area (Å²) in [7, 11) is 0. The van der Waals surface area contributed by atoms with Gasteiger partial charge in [0.05, 0.1) is 32.3 Å². The first-order valence-corrected chi connectivity index (χ1v) is 14.9. The molecule has 10 nitrogen and oxygen atoms in total. The van der Waals surface area contributed by atoms with Crippen LogP contribution in [-0.2, 0) is 19.0 Å². The highest BCUT2D eigenvalue weighted by Gasteiger charge is 2.40. The maximum Gasteiger partial charge on any atom is 0.412 e. The summed E-state index contributed by atoms with van der Waals surface area (Å²) in [5.74, 6) is 2.01. The highest BCUT2D eigenvalue weighted by Crippen LogP contribution is 2.43. The second kappa shape index (κ2) is 17.4. The molecule has 2 N–H and O–H groups in total. The van der Waals surface area contributed by atoms with Gasteiger partial charge in [-0.25, -0.2) is 14.6 Å². The number of hydrogen-bond acceptors (Lipinski definition) is 8. The number of nitrogens with zero attached hydrogens (tertiary/aromatic N) is 1. The number of carbonyl (C=O) groups excluding carboxylic acids is 3. The lowest BCUT2D eigenvalue weighted by atomic mass is 9.94. The van der Waals surface area contributed by atoms with Crippen LogP contribution in [0, 0.1) is 17.8 Å². The van der Waals surface area contributed by atoms with E-state index in [1.807, 2.05) is 0 Å². The molecule has 2 aliphatic rings. The van der Waals surface area contributed by atoms with Crippen molar-refractivity contribution in [3.05, 3.63) is 24.3 Å². The molecule has 0 radical (unpaired) electrons. The molecule has 1 saturated carbocycles. The molecule has 10 heteroatoms. The predicted molar refractivity (Wildman–Crippen MR) is 152 cm³/mol. The third kappa shape index (κ3) is 11.1. The van der Waals surface area contributed by atoms with Crippen LogP contribution in [-0.4, -0.2) is 49.6 Å². The fourth-order valence-corrected chi connectivity index (χ4v) is 5.22. The van der Waals surface area contributed by atoms with Gasteiger partial charge in [0.1, 0.15) is 17.4 Å². The molecule has 2 aliphatic carbocycles. The molecule has 0 aliphatic heterocycles. The van der Waals surface area contributed by atoms with Crippen molar-refractivity contribution in [2.24, 2.45) is 17.8 Å². The first kappa shape index (κ1) is 31.2. The second-order valence-corrected chi connectivity index (χ2v) is 10.3. The molecule has 0 spiro atoms. The molecule has 0 aromatic carbocycles. The van der Waals surface area contributed by atoms with E-state index in [9.17, 15) is 14.4 Å². The van der Waals surface area contributed by atoms with Crippen molar-refractivity contribution in [1.82, 2.24) is 4.98 Å². The molecule has 1 aromatic heterocycles. The molecule has 3 unspecified atom stereocenters. The Kier molecular flexibility index (Phi) is 13.6. The summed E-state index contributed by atoms with van der Waals surface area (Å²) < 4.78 is 21.2. The summed E-state index contributed by atoms with van der Waals surface area (Å²) in [6, 6.07) is 3.17. The Morgan fingerprint density at radius 1 is 0.750 bits per heavy atom. The Hall–Kier alpha value is -3.30. The van der Waals surface area contributed by atoms with Gasteiger partial charge in [0, 0.05) is 12.1 Å². The fraction of sp³-hybridized carbons (Fsp3) is 0.667. The van der Waals surface area contributed by atoms with Crippen molar-refractivity contribution in [1.29, 1.82) is 0 Å². The van der Waals surface area contributed by atoms with Crippen molar-refractivity contribution < 1.29 is 33.3 Å². The van der Waals surface area contributed by atoms with Crippen molar-refractivity contribution in [3.8, 4) is 5.75 Å². The van der Waals surface area contributed by atoms with Gasteiger partial charge in [-0.05, 0) is 51.4 Å². The van der Waals surface area contributed by atoms with E-state index < -0.39 is 12.2 Å². The van der Waals surface area contributed by atoms with Gasteiger partial charge in [-0.15, -0.1) is 0 Å². The Morgan fingerprint density at radius 2 is 1.30 bits per heavy atom. The number of hydrogen-bond donors (Lipinski definition) is 2. The minimum absolute atomic E-state index is 0.00678. The van der Waals surface area contributed by atoms with Crippen LogP contribution in [0.25, 0.3) is 0 Å². The van der Waals surface area contributed by atoms with Crippen LogP contribution >= 0.6 is 0 Å². The van der Waals surface area contributed by atoms with Crippen LogP contribution in [0.4, 0.5) is 21.2 Å². The predicted octanol–water partition coefficient (Wildman–Crippen LogP) is 6.86. The van der Waals surface area contributed by atoms with E-state index in [4.69, 9.17) is 18.9 Å². The van der Waals surface area contributed by atoms with Gasteiger partial charge >= 0.3 is 18.2 Å². The first-order valence-electron chi connectivity index (χ1n) is 14.9. The van der Waals surface area contributed by atoms with E-state index in [1.54, 1.807) is 26.0 Å².